The van der Waals surface area contributed by atoms with Crippen molar-refractivity contribution in [2.75, 3.05) is 6.61 Å². The molecule has 0 amide bonds. The van der Waals surface area contributed by atoms with Gasteiger partial charge in [-0.15, -0.1) is 0 Å². The molecular formula is C41H32O26. The summed E-state index contributed by atoms with van der Waals surface area (Å²) in [6.45, 7) is -1.32. The standard InChI is InChI=1S/C41H32O26/c42-17-6-1-12(23(47)28(17)52)36(57)62-11-22-33(64-37(58)13-2-7-18(43)29(53)24(13)48)34(65-38(59)14-3-8-19(44)30(54)25(14)49)35(66-39(60)15-4-9-20(45)31(55)26(15)50)41(63-22)67-40(61)16-5-10-21(46)32(56)27(16)51/h1-10,22,33-35,41-56H,11H2/t22-,33-,34+,35+,41+/m1/s1. The Kier molecular flexibility index (Phi) is 12.8. The fourth-order valence-electron chi connectivity index (χ4n) is 6.14. The zero-order valence-corrected chi connectivity index (χ0v) is 33.1. The van der Waals surface area contributed by atoms with Gasteiger partial charge in [0.25, 0.3) is 0 Å². The van der Waals surface area contributed by atoms with Gasteiger partial charge in [-0.1, -0.05) is 0 Å². The molecule has 67 heavy (non-hydrogen) atoms. The lowest BCUT2D eigenvalue weighted by molar-refractivity contribution is -0.283. The van der Waals surface area contributed by atoms with Gasteiger partial charge in [0, 0.05) is 0 Å². The van der Waals surface area contributed by atoms with Crippen LogP contribution in [0.1, 0.15) is 51.8 Å². The Morgan fingerprint density at radius 1 is 0.343 bits per heavy atom. The maximum Gasteiger partial charge on any atom is 0.344 e. The molecule has 6 rings (SSSR count). The molecule has 0 radical (unpaired) electrons. The Morgan fingerprint density at radius 2 is 0.612 bits per heavy atom. The summed E-state index contributed by atoms with van der Waals surface area (Å²) in [6, 6.07) is 6.95. The molecule has 5 aromatic carbocycles. The molecule has 1 aliphatic rings. The van der Waals surface area contributed by atoms with Gasteiger partial charge < -0.3 is 105 Å². The molecule has 26 heteroatoms. The summed E-state index contributed by atoms with van der Waals surface area (Å²) in [6.07, 6.45) is -12.7. The molecule has 0 aliphatic carbocycles. The zero-order chi connectivity index (χ0) is 49.3. The topological polar surface area (TPSA) is 444 Å². The van der Waals surface area contributed by atoms with Crippen LogP contribution in [0.15, 0.2) is 60.7 Å². The van der Waals surface area contributed by atoms with Gasteiger partial charge in [-0.25, -0.2) is 24.0 Å². The highest BCUT2D eigenvalue weighted by Gasteiger charge is 2.55. The summed E-state index contributed by atoms with van der Waals surface area (Å²) in [7, 11) is 0. The normalized spacial score (nSPS) is 17.7. The highest BCUT2D eigenvalue weighted by atomic mass is 16.7. The van der Waals surface area contributed by atoms with Gasteiger partial charge in [-0.2, -0.15) is 0 Å². The van der Waals surface area contributed by atoms with Gasteiger partial charge in [-0.05, 0) is 60.7 Å². The van der Waals surface area contributed by atoms with Crippen molar-refractivity contribution in [1.29, 1.82) is 0 Å². The SMILES string of the molecule is O=C(OC[C@H]1O[C@@H](OC(=O)c2ccc(O)c(O)c2O)[C@@H](OC(=O)c2ccc(O)c(O)c2O)[C@@H](OC(=O)c2ccc(O)c(O)c2O)[C@@H]1OC(=O)c1ccc(O)c(O)c1O)c1ccc(O)c(O)c1O. The molecule has 1 heterocycles. The van der Waals surface area contributed by atoms with Crippen LogP contribution in [0.2, 0.25) is 0 Å². The number of phenols is 15. The molecule has 26 nitrogen and oxygen atoms in total. The first kappa shape index (κ1) is 46.9. The van der Waals surface area contributed by atoms with Crippen molar-refractivity contribution in [2.24, 2.45) is 0 Å². The van der Waals surface area contributed by atoms with E-state index in [9.17, 15) is 101 Å². The number of benzene rings is 5. The molecule has 0 spiro atoms. The zero-order valence-electron chi connectivity index (χ0n) is 33.1. The van der Waals surface area contributed by atoms with E-state index in [1.165, 1.54) is 0 Å². The van der Waals surface area contributed by atoms with E-state index >= 15 is 0 Å². The van der Waals surface area contributed by atoms with Crippen molar-refractivity contribution in [1.82, 2.24) is 0 Å². The van der Waals surface area contributed by atoms with Crippen LogP contribution in [0.4, 0.5) is 0 Å². The lowest BCUT2D eigenvalue weighted by atomic mass is 9.97. The summed E-state index contributed by atoms with van der Waals surface area (Å²) < 4.78 is 33.0. The molecule has 0 saturated carbocycles. The minimum absolute atomic E-state index is 0.666. The smallest absolute Gasteiger partial charge is 0.344 e. The van der Waals surface area contributed by atoms with Crippen LogP contribution in [-0.4, -0.2) is 144 Å². The Labute approximate surface area is 370 Å². The number of rotatable bonds is 11. The third-order valence-corrected chi connectivity index (χ3v) is 9.67. The Balaban J connectivity index is 1.54. The van der Waals surface area contributed by atoms with Crippen molar-refractivity contribution in [2.45, 2.75) is 30.7 Å². The number of carbonyl (C=O) groups is 5. The third kappa shape index (κ3) is 8.97. The number of phenolic OH excluding ortho intramolecular Hbond substituents is 15. The molecule has 0 bridgehead atoms. The summed E-state index contributed by atoms with van der Waals surface area (Å²) >= 11 is 0. The average Bonchev–Trinajstić information content (AvgIpc) is 3.28. The van der Waals surface area contributed by atoms with Crippen molar-refractivity contribution in [3.05, 3.63) is 88.5 Å². The number of carbonyl (C=O) groups excluding carboxylic acids is 5. The maximum atomic E-state index is 13.9. The van der Waals surface area contributed by atoms with E-state index in [1.807, 2.05) is 0 Å². The van der Waals surface area contributed by atoms with Crippen LogP contribution in [0.3, 0.4) is 0 Å². The molecule has 352 valence electrons. The van der Waals surface area contributed by atoms with Gasteiger partial charge in [0.15, 0.2) is 69.7 Å². The van der Waals surface area contributed by atoms with Gasteiger partial charge in [0.2, 0.25) is 41.1 Å². The minimum Gasteiger partial charge on any atom is -0.504 e. The van der Waals surface area contributed by atoms with Crippen molar-refractivity contribution < 1.29 is 129 Å². The molecule has 1 aliphatic heterocycles. The second-order valence-electron chi connectivity index (χ2n) is 13.8. The monoisotopic (exact) mass is 940 g/mol. The first-order valence-electron chi connectivity index (χ1n) is 18.4. The summed E-state index contributed by atoms with van der Waals surface area (Å²) in [5.74, 6) is -26.3. The van der Waals surface area contributed by atoms with Crippen molar-refractivity contribution >= 4 is 29.8 Å². The minimum atomic E-state index is -2.64. The first-order valence-corrected chi connectivity index (χ1v) is 18.4. The van der Waals surface area contributed by atoms with Crippen LogP contribution in [-0.2, 0) is 28.4 Å². The number of aromatic hydroxyl groups is 15. The van der Waals surface area contributed by atoms with Gasteiger partial charge in [0.05, 0.1) is 0 Å². The molecule has 15 N–H and O–H groups in total. The maximum absolute atomic E-state index is 13.9. The molecule has 1 fully saturated rings. The lowest BCUT2D eigenvalue weighted by Crippen LogP contribution is -2.63. The second kappa shape index (κ2) is 18.3. The van der Waals surface area contributed by atoms with E-state index < -0.39 is 181 Å². The molecule has 5 atom stereocenters. The summed E-state index contributed by atoms with van der Waals surface area (Å²) in [5.41, 5.74) is -4.80. The van der Waals surface area contributed by atoms with Gasteiger partial charge in [0.1, 0.15) is 40.5 Å². The molecule has 5 aromatic rings. The predicted molar refractivity (Wildman–Crippen MR) is 209 cm³/mol. The number of esters is 5. The number of ether oxygens (including phenoxy) is 6. The highest BCUT2D eigenvalue weighted by Crippen LogP contribution is 2.43. The Hall–Kier alpha value is -9.59. The quantitative estimate of drug-likeness (QED) is 0.0509. The van der Waals surface area contributed by atoms with E-state index in [1.54, 1.807) is 0 Å². The Morgan fingerprint density at radius 3 is 0.940 bits per heavy atom. The van der Waals surface area contributed by atoms with Crippen molar-refractivity contribution in [3.63, 3.8) is 0 Å². The van der Waals surface area contributed by atoms with Crippen LogP contribution in [0, 0.1) is 0 Å². The lowest BCUT2D eigenvalue weighted by Gasteiger charge is -2.43. The average molecular weight is 941 g/mol. The van der Waals surface area contributed by atoms with E-state index in [2.05, 4.69) is 0 Å². The second-order valence-corrected chi connectivity index (χ2v) is 13.8. The van der Waals surface area contributed by atoms with E-state index in [-0.39, 0.29) is 0 Å². The predicted octanol–water partition coefficient (Wildman–Crippen LogP) is 1.69. The van der Waals surface area contributed by atoms with Crippen LogP contribution >= 0.6 is 0 Å². The fraction of sp³-hybridized carbons (Fsp3) is 0.146. The van der Waals surface area contributed by atoms with Gasteiger partial charge in [-0.3, -0.25) is 0 Å². The molecule has 0 aromatic heterocycles. The van der Waals surface area contributed by atoms with Crippen LogP contribution < -0.4 is 0 Å². The van der Waals surface area contributed by atoms with Crippen LogP contribution in [0.25, 0.3) is 0 Å². The Bertz CT molecular complexity index is 2840. The number of hydrogen-bond acceptors (Lipinski definition) is 26. The molecule has 0 unspecified atom stereocenters. The first-order chi connectivity index (χ1) is 31.5. The van der Waals surface area contributed by atoms with E-state index in [0.717, 1.165) is 12.1 Å². The third-order valence-electron chi connectivity index (χ3n) is 9.67. The summed E-state index contributed by atoms with van der Waals surface area (Å²) in [5, 5.41) is 152. The van der Waals surface area contributed by atoms with Crippen LogP contribution in [0.5, 0.6) is 86.2 Å². The number of hydrogen-bond donors (Lipinski definition) is 15. The highest BCUT2D eigenvalue weighted by molar-refractivity contribution is 5.97. The largest absolute Gasteiger partial charge is 0.504 e. The fourth-order valence-corrected chi connectivity index (χ4v) is 6.14. The van der Waals surface area contributed by atoms with Crippen molar-refractivity contribution in [3.8, 4) is 86.2 Å². The molecular weight excluding hydrogens is 908 g/mol. The van der Waals surface area contributed by atoms with Gasteiger partial charge >= 0.3 is 29.8 Å². The summed E-state index contributed by atoms with van der Waals surface area (Å²) in [4.78, 5) is 68.6. The van der Waals surface area contributed by atoms with E-state index in [4.69, 9.17) is 28.4 Å². The van der Waals surface area contributed by atoms with E-state index in [0.29, 0.717) is 48.5 Å². The molecule has 1 saturated heterocycles.